The van der Waals surface area contributed by atoms with Gasteiger partial charge < -0.3 is 9.47 Å². The monoisotopic (exact) mass is 353 g/mol. The molecule has 1 aromatic carbocycles. The molecule has 0 radical (unpaired) electrons. The van der Waals surface area contributed by atoms with E-state index in [1.165, 1.54) is 6.07 Å². The van der Waals surface area contributed by atoms with Crippen LogP contribution in [0.3, 0.4) is 0 Å². The molecule has 0 saturated carbocycles. The van der Waals surface area contributed by atoms with E-state index in [1.807, 2.05) is 26.8 Å². The van der Waals surface area contributed by atoms with Gasteiger partial charge in [0.25, 0.3) is 0 Å². The minimum Gasteiger partial charge on any atom is -0.486 e. The fraction of sp³-hybridized carbons (Fsp3) is 0.375. The molecule has 124 valence electrons. The summed E-state index contributed by atoms with van der Waals surface area (Å²) in [7, 11) is -3.71. The molecule has 2 aromatic rings. The molecule has 1 N–H and O–H groups in total. The number of hydrogen-bond acceptors (Lipinski definition) is 5. The zero-order valence-electron chi connectivity index (χ0n) is 13.3. The van der Waals surface area contributed by atoms with Crippen LogP contribution in [0.4, 0.5) is 0 Å². The second-order valence-corrected chi connectivity index (χ2v) is 8.63. The first kappa shape index (κ1) is 16.3. The predicted octanol–water partition coefficient (Wildman–Crippen LogP) is 3.18. The lowest BCUT2D eigenvalue weighted by atomic mass is 10.1. The Morgan fingerprint density at radius 2 is 1.96 bits per heavy atom. The molecule has 0 spiro atoms. The van der Waals surface area contributed by atoms with Gasteiger partial charge >= 0.3 is 0 Å². The van der Waals surface area contributed by atoms with Gasteiger partial charge in [0.15, 0.2) is 11.5 Å². The molecule has 1 aliphatic heterocycles. The van der Waals surface area contributed by atoms with Gasteiger partial charge in [-0.25, -0.2) is 13.1 Å². The topological polar surface area (TPSA) is 64.6 Å². The van der Waals surface area contributed by atoms with Crippen LogP contribution in [0.1, 0.15) is 28.3 Å². The van der Waals surface area contributed by atoms with Crippen LogP contribution >= 0.6 is 11.3 Å². The first-order valence-corrected chi connectivity index (χ1v) is 9.66. The number of benzene rings is 1. The highest BCUT2D eigenvalue weighted by Gasteiger charge is 2.27. The first-order valence-electron chi connectivity index (χ1n) is 7.36. The Morgan fingerprint density at radius 3 is 2.65 bits per heavy atom. The molecule has 0 fully saturated rings. The van der Waals surface area contributed by atoms with E-state index in [4.69, 9.17) is 9.47 Å². The van der Waals surface area contributed by atoms with Gasteiger partial charge in [-0.05, 0) is 44.5 Å². The highest BCUT2D eigenvalue weighted by atomic mass is 32.2. The molecule has 1 atom stereocenters. The van der Waals surface area contributed by atoms with Gasteiger partial charge in [0.05, 0.1) is 0 Å². The standard InChI is InChI=1S/C16H19NO4S2/c1-10-9-13(12(3)22-10)11(2)17-23(18,19)15-6-4-5-14-16(15)21-8-7-20-14/h4-6,9,11,17H,7-8H2,1-3H3. The maximum atomic E-state index is 12.8. The fourth-order valence-electron chi connectivity index (χ4n) is 2.70. The summed E-state index contributed by atoms with van der Waals surface area (Å²) in [5.74, 6) is 0.756. The van der Waals surface area contributed by atoms with Crippen LogP contribution in [-0.2, 0) is 10.0 Å². The minimum atomic E-state index is -3.71. The number of nitrogens with one attached hydrogen (secondary N) is 1. The molecule has 0 bridgehead atoms. The van der Waals surface area contributed by atoms with E-state index >= 15 is 0 Å². The van der Waals surface area contributed by atoms with Gasteiger partial charge in [0.2, 0.25) is 10.0 Å². The molecule has 2 heterocycles. The molecule has 1 aliphatic rings. The second kappa shape index (κ2) is 6.14. The summed E-state index contributed by atoms with van der Waals surface area (Å²) in [5, 5.41) is 0. The van der Waals surface area contributed by atoms with Crippen LogP contribution in [-0.4, -0.2) is 21.6 Å². The van der Waals surface area contributed by atoms with Crippen molar-refractivity contribution in [2.45, 2.75) is 31.7 Å². The SMILES string of the molecule is Cc1cc(C(C)NS(=O)(=O)c2cccc3c2OCCO3)c(C)s1. The average molecular weight is 353 g/mol. The Kier molecular flexibility index (Phi) is 4.35. The van der Waals surface area contributed by atoms with Gasteiger partial charge in [-0.15, -0.1) is 11.3 Å². The summed E-state index contributed by atoms with van der Waals surface area (Å²) < 4.78 is 39.2. The lowest BCUT2D eigenvalue weighted by molar-refractivity contribution is 0.167. The number of aryl methyl sites for hydroxylation is 2. The average Bonchev–Trinajstić information content (AvgIpc) is 2.85. The number of hydrogen-bond donors (Lipinski definition) is 1. The van der Waals surface area contributed by atoms with E-state index in [0.29, 0.717) is 19.0 Å². The third kappa shape index (κ3) is 3.22. The predicted molar refractivity (Wildman–Crippen MR) is 90.0 cm³/mol. The molecule has 1 aromatic heterocycles. The van der Waals surface area contributed by atoms with Crippen LogP contribution in [0.5, 0.6) is 11.5 Å². The Balaban J connectivity index is 1.92. The van der Waals surface area contributed by atoms with E-state index < -0.39 is 10.0 Å². The molecule has 3 rings (SSSR count). The Hall–Kier alpha value is -1.57. The van der Waals surface area contributed by atoms with Crippen molar-refractivity contribution in [1.29, 1.82) is 0 Å². The quantitative estimate of drug-likeness (QED) is 0.917. The van der Waals surface area contributed by atoms with E-state index in [1.54, 1.807) is 23.5 Å². The summed E-state index contributed by atoms with van der Waals surface area (Å²) in [4.78, 5) is 2.40. The highest BCUT2D eigenvalue weighted by Crippen LogP contribution is 2.37. The Bertz CT molecular complexity index is 827. The van der Waals surface area contributed by atoms with E-state index in [2.05, 4.69) is 4.72 Å². The van der Waals surface area contributed by atoms with Crippen molar-refractivity contribution in [2.24, 2.45) is 0 Å². The molecule has 5 nitrogen and oxygen atoms in total. The number of fused-ring (bicyclic) bond motifs is 1. The van der Waals surface area contributed by atoms with Gasteiger partial charge in [0.1, 0.15) is 18.1 Å². The first-order chi connectivity index (χ1) is 10.9. The lowest BCUT2D eigenvalue weighted by Gasteiger charge is -2.22. The zero-order valence-corrected chi connectivity index (χ0v) is 14.9. The lowest BCUT2D eigenvalue weighted by Crippen LogP contribution is -2.28. The van der Waals surface area contributed by atoms with Crippen molar-refractivity contribution < 1.29 is 17.9 Å². The number of para-hydroxylation sites is 1. The smallest absolute Gasteiger partial charge is 0.244 e. The summed E-state index contributed by atoms with van der Waals surface area (Å²) >= 11 is 1.66. The fourth-order valence-corrected chi connectivity index (χ4v) is 5.10. The van der Waals surface area contributed by atoms with Gasteiger partial charge in [-0.3, -0.25) is 0 Å². The normalized spacial score (nSPS) is 15.4. The molecule has 23 heavy (non-hydrogen) atoms. The molecular weight excluding hydrogens is 334 g/mol. The molecule has 0 amide bonds. The highest BCUT2D eigenvalue weighted by molar-refractivity contribution is 7.89. The van der Waals surface area contributed by atoms with Gasteiger partial charge in [0, 0.05) is 15.8 Å². The summed E-state index contributed by atoms with van der Waals surface area (Å²) in [6.45, 7) is 6.63. The molecule has 7 heteroatoms. The number of thiophene rings is 1. The molecule has 0 saturated heterocycles. The summed E-state index contributed by atoms with van der Waals surface area (Å²) in [6.07, 6.45) is 0. The summed E-state index contributed by atoms with van der Waals surface area (Å²) in [5.41, 5.74) is 0.998. The van der Waals surface area contributed by atoms with Crippen LogP contribution in [0, 0.1) is 13.8 Å². The van der Waals surface area contributed by atoms with Crippen molar-refractivity contribution in [3.05, 3.63) is 39.6 Å². The van der Waals surface area contributed by atoms with Crippen LogP contribution in [0.25, 0.3) is 0 Å². The second-order valence-electron chi connectivity index (χ2n) is 5.49. The van der Waals surface area contributed by atoms with Crippen molar-refractivity contribution in [2.75, 3.05) is 13.2 Å². The largest absolute Gasteiger partial charge is 0.486 e. The van der Waals surface area contributed by atoms with E-state index in [-0.39, 0.29) is 16.7 Å². The van der Waals surface area contributed by atoms with Crippen molar-refractivity contribution in [3.63, 3.8) is 0 Å². The molecular formula is C16H19NO4S2. The number of rotatable bonds is 4. The maximum absolute atomic E-state index is 12.8. The van der Waals surface area contributed by atoms with Gasteiger partial charge in [-0.1, -0.05) is 6.07 Å². The van der Waals surface area contributed by atoms with Crippen molar-refractivity contribution in [1.82, 2.24) is 4.72 Å². The van der Waals surface area contributed by atoms with Crippen molar-refractivity contribution in [3.8, 4) is 11.5 Å². The Morgan fingerprint density at radius 1 is 1.22 bits per heavy atom. The number of sulfonamides is 1. The minimum absolute atomic E-state index is 0.117. The maximum Gasteiger partial charge on any atom is 0.244 e. The number of ether oxygens (including phenoxy) is 2. The van der Waals surface area contributed by atoms with Crippen LogP contribution < -0.4 is 14.2 Å². The van der Waals surface area contributed by atoms with E-state index in [9.17, 15) is 8.42 Å². The van der Waals surface area contributed by atoms with Crippen LogP contribution in [0.15, 0.2) is 29.2 Å². The van der Waals surface area contributed by atoms with Crippen LogP contribution in [0.2, 0.25) is 0 Å². The third-order valence-electron chi connectivity index (χ3n) is 3.70. The van der Waals surface area contributed by atoms with E-state index in [0.717, 1.165) is 15.3 Å². The summed E-state index contributed by atoms with van der Waals surface area (Å²) in [6, 6.07) is 6.61. The Labute approximate surface area is 140 Å². The third-order valence-corrected chi connectivity index (χ3v) is 6.24. The molecule has 0 aliphatic carbocycles. The molecule has 1 unspecified atom stereocenters. The van der Waals surface area contributed by atoms with Crippen molar-refractivity contribution >= 4 is 21.4 Å². The van der Waals surface area contributed by atoms with Gasteiger partial charge in [-0.2, -0.15) is 0 Å². The zero-order chi connectivity index (χ0) is 16.6.